The minimum Gasteiger partial charge on any atom is -0.394 e. The number of nitrogens with one attached hydrogen (secondary N) is 1. The Balaban J connectivity index is 1.92. The molecule has 0 saturated carbocycles. The SMILES string of the molecule is CCCCCCCCCCC1(CO)CCCN1. The summed E-state index contributed by atoms with van der Waals surface area (Å²) in [6, 6.07) is 0. The van der Waals surface area contributed by atoms with Gasteiger partial charge < -0.3 is 10.4 Å². The number of hydrogen-bond acceptors (Lipinski definition) is 2. The third-order valence-corrected chi connectivity index (χ3v) is 4.14. The van der Waals surface area contributed by atoms with Gasteiger partial charge in [0.25, 0.3) is 0 Å². The minimum absolute atomic E-state index is 0.0855. The first-order chi connectivity index (χ1) is 8.33. The van der Waals surface area contributed by atoms with Crippen LogP contribution in [0, 0.1) is 0 Å². The van der Waals surface area contributed by atoms with Crippen molar-refractivity contribution in [3.05, 3.63) is 0 Å². The number of aliphatic hydroxyl groups excluding tert-OH is 1. The number of unbranched alkanes of at least 4 members (excludes halogenated alkanes) is 7. The normalized spacial score (nSPS) is 24.4. The van der Waals surface area contributed by atoms with Crippen LogP contribution in [0.3, 0.4) is 0 Å². The van der Waals surface area contributed by atoms with Crippen LogP contribution in [0.1, 0.15) is 77.6 Å². The summed E-state index contributed by atoms with van der Waals surface area (Å²) in [5.74, 6) is 0. The largest absolute Gasteiger partial charge is 0.394 e. The summed E-state index contributed by atoms with van der Waals surface area (Å²) >= 11 is 0. The predicted octanol–water partition coefficient (Wildman–Crippen LogP) is 3.63. The molecule has 1 atom stereocenters. The Hall–Kier alpha value is -0.0800. The summed E-state index contributed by atoms with van der Waals surface area (Å²) in [6.45, 7) is 3.68. The van der Waals surface area contributed by atoms with Crippen molar-refractivity contribution in [1.82, 2.24) is 5.32 Å². The van der Waals surface area contributed by atoms with Crippen LogP contribution in [0.15, 0.2) is 0 Å². The highest BCUT2D eigenvalue weighted by Crippen LogP contribution is 2.25. The number of rotatable bonds is 10. The standard InChI is InChI=1S/C15H31NO/c1-2-3-4-5-6-7-8-9-11-15(14-17)12-10-13-16-15/h16-17H,2-14H2,1H3. The Bertz CT molecular complexity index is 176. The third kappa shape index (κ3) is 5.87. The molecule has 0 amide bonds. The van der Waals surface area contributed by atoms with Crippen LogP contribution < -0.4 is 5.32 Å². The molecule has 17 heavy (non-hydrogen) atoms. The van der Waals surface area contributed by atoms with Crippen LogP contribution in [0.5, 0.6) is 0 Å². The van der Waals surface area contributed by atoms with Crippen molar-refractivity contribution in [2.45, 2.75) is 83.1 Å². The molecule has 2 N–H and O–H groups in total. The lowest BCUT2D eigenvalue weighted by Gasteiger charge is -2.27. The van der Waals surface area contributed by atoms with Crippen molar-refractivity contribution in [3.8, 4) is 0 Å². The highest BCUT2D eigenvalue weighted by molar-refractivity contribution is 4.92. The van der Waals surface area contributed by atoms with E-state index >= 15 is 0 Å². The van der Waals surface area contributed by atoms with Gasteiger partial charge in [0.05, 0.1) is 6.61 Å². The fourth-order valence-electron chi connectivity index (χ4n) is 2.89. The number of hydrogen-bond donors (Lipinski definition) is 2. The first-order valence-electron chi connectivity index (χ1n) is 7.69. The van der Waals surface area contributed by atoms with Crippen molar-refractivity contribution >= 4 is 0 Å². The maximum absolute atomic E-state index is 9.45. The van der Waals surface area contributed by atoms with E-state index in [0.29, 0.717) is 6.61 Å². The molecule has 1 unspecified atom stereocenters. The van der Waals surface area contributed by atoms with E-state index in [1.54, 1.807) is 0 Å². The molecule has 1 aliphatic heterocycles. The Morgan fingerprint density at radius 1 is 1.00 bits per heavy atom. The second kappa shape index (κ2) is 8.93. The monoisotopic (exact) mass is 241 g/mol. The first-order valence-corrected chi connectivity index (χ1v) is 7.69. The lowest BCUT2D eigenvalue weighted by molar-refractivity contribution is 0.165. The Labute approximate surface area is 107 Å². The zero-order valence-corrected chi connectivity index (χ0v) is 11.6. The van der Waals surface area contributed by atoms with E-state index in [-0.39, 0.29) is 5.54 Å². The maximum Gasteiger partial charge on any atom is 0.0613 e. The van der Waals surface area contributed by atoms with Gasteiger partial charge in [0.1, 0.15) is 0 Å². The van der Waals surface area contributed by atoms with Crippen LogP contribution >= 0.6 is 0 Å². The molecular formula is C15H31NO. The van der Waals surface area contributed by atoms with Crippen LogP contribution in [0.25, 0.3) is 0 Å². The zero-order valence-electron chi connectivity index (χ0n) is 11.6. The molecule has 1 heterocycles. The van der Waals surface area contributed by atoms with E-state index in [1.165, 1.54) is 70.6 Å². The van der Waals surface area contributed by atoms with Crippen LogP contribution in [0.4, 0.5) is 0 Å². The quantitative estimate of drug-likeness (QED) is 0.572. The van der Waals surface area contributed by atoms with Gasteiger partial charge in [0.15, 0.2) is 0 Å². The second-order valence-electron chi connectivity index (χ2n) is 5.69. The maximum atomic E-state index is 9.45. The minimum atomic E-state index is 0.0855. The van der Waals surface area contributed by atoms with Crippen LogP contribution in [-0.2, 0) is 0 Å². The molecule has 0 aromatic rings. The summed E-state index contributed by atoms with van der Waals surface area (Å²) < 4.78 is 0. The summed E-state index contributed by atoms with van der Waals surface area (Å²) in [5.41, 5.74) is 0.0855. The third-order valence-electron chi connectivity index (χ3n) is 4.14. The molecule has 102 valence electrons. The molecular weight excluding hydrogens is 210 g/mol. The molecule has 0 aromatic heterocycles. The fourth-order valence-corrected chi connectivity index (χ4v) is 2.89. The molecule has 1 aliphatic rings. The van der Waals surface area contributed by atoms with Gasteiger partial charge in [0.2, 0.25) is 0 Å². The highest BCUT2D eigenvalue weighted by atomic mass is 16.3. The average molecular weight is 241 g/mol. The molecule has 0 radical (unpaired) electrons. The zero-order chi connectivity index (χ0) is 12.4. The van der Waals surface area contributed by atoms with E-state index < -0.39 is 0 Å². The molecule has 2 nitrogen and oxygen atoms in total. The molecule has 0 aromatic carbocycles. The molecule has 0 aliphatic carbocycles. The van der Waals surface area contributed by atoms with Gasteiger partial charge in [-0.05, 0) is 25.8 Å². The summed E-state index contributed by atoms with van der Waals surface area (Å²) in [6.07, 6.45) is 14.5. The lowest BCUT2D eigenvalue weighted by Crippen LogP contribution is -2.43. The van der Waals surface area contributed by atoms with Crippen LogP contribution in [0.2, 0.25) is 0 Å². The van der Waals surface area contributed by atoms with Crippen molar-refractivity contribution in [2.24, 2.45) is 0 Å². The van der Waals surface area contributed by atoms with E-state index in [4.69, 9.17) is 0 Å². The van der Waals surface area contributed by atoms with Crippen molar-refractivity contribution in [1.29, 1.82) is 0 Å². The van der Waals surface area contributed by atoms with Gasteiger partial charge in [0, 0.05) is 5.54 Å². The van der Waals surface area contributed by atoms with Gasteiger partial charge in [-0.1, -0.05) is 58.3 Å². The molecule has 1 fully saturated rings. The first kappa shape index (κ1) is 15.0. The molecule has 2 heteroatoms. The Kier molecular flexibility index (Phi) is 7.87. The van der Waals surface area contributed by atoms with Crippen LogP contribution in [-0.4, -0.2) is 23.8 Å². The summed E-state index contributed by atoms with van der Waals surface area (Å²) in [4.78, 5) is 0. The fraction of sp³-hybridized carbons (Fsp3) is 1.00. The summed E-state index contributed by atoms with van der Waals surface area (Å²) in [7, 11) is 0. The van der Waals surface area contributed by atoms with Crippen molar-refractivity contribution in [2.75, 3.05) is 13.2 Å². The van der Waals surface area contributed by atoms with E-state index in [1.807, 2.05) is 0 Å². The van der Waals surface area contributed by atoms with Crippen molar-refractivity contribution < 1.29 is 5.11 Å². The Morgan fingerprint density at radius 2 is 1.65 bits per heavy atom. The molecule has 1 rings (SSSR count). The van der Waals surface area contributed by atoms with Crippen molar-refractivity contribution in [3.63, 3.8) is 0 Å². The smallest absolute Gasteiger partial charge is 0.0613 e. The lowest BCUT2D eigenvalue weighted by atomic mass is 9.91. The Morgan fingerprint density at radius 3 is 2.18 bits per heavy atom. The van der Waals surface area contributed by atoms with E-state index in [9.17, 15) is 5.11 Å². The van der Waals surface area contributed by atoms with E-state index in [0.717, 1.165) is 6.54 Å². The predicted molar refractivity (Wildman–Crippen MR) is 74.3 cm³/mol. The second-order valence-corrected chi connectivity index (χ2v) is 5.69. The molecule has 0 bridgehead atoms. The van der Waals surface area contributed by atoms with Gasteiger partial charge >= 0.3 is 0 Å². The van der Waals surface area contributed by atoms with Gasteiger partial charge in [-0.15, -0.1) is 0 Å². The average Bonchev–Trinajstić information content (AvgIpc) is 2.82. The molecule has 0 spiro atoms. The number of aliphatic hydroxyl groups is 1. The van der Waals surface area contributed by atoms with Gasteiger partial charge in [-0.3, -0.25) is 0 Å². The van der Waals surface area contributed by atoms with Gasteiger partial charge in [-0.2, -0.15) is 0 Å². The van der Waals surface area contributed by atoms with Gasteiger partial charge in [-0.25, -0.2) is 0 Å². The molecule has 1 saturated heterocycles. The summed E-state index contributed by atoms with van der Waals surface area (Å²) in [5, 5.41) is 12.9. The topological polar surface area (TPSA) is 32.3 Å². The highest BCUT2D eigenvalue weighted by Gasteiger charge is 2.31. The van der Waals surface area contributed by atoms with E-state index in [2.05, 4.69) is 12.2 Å².